The minimum absolute atomic E-state index is 0.278. The zero-order chi connectivity index (χ0) is 15.7. The van der Waals surface area contributed by atoms with Gasteiger partial charge in [0.15, 0.2) is 0 Å². The summed E-state index contributed by atoms with van der Waals surface area (Å²) in [6, 6.07) is 2.27. The molecule has 2 N–H and O–H groups in total. The van der Waals surface area contributed by atoms with Crippen LogP contribution < -0.4 is 9.62 Å². The topological polar surface area (TPSA) is 91.0 Å². The number of anilines is 1. The van der Waals surface area contributed by atoms with Crippen molar-refractivity contribution in [2.24, 2.45) is 0 Å². The maximum atomic E-state index is 11.9. The van der Waals surface area contributed by atoms with E-state index in [1.807, 2.05) is 19.3 Å². The van der Waals surface area contributed by atoms with Crippen molar-refractivity contribution in [3.05, 3.63) is 18.6 Å². The average Bonchev–Trinajstić information content (AvgIpc) is 3.03. The van der Waals surface area contributed by atoms with Gasteiger partial charge in [0.25, 0.3) is 0 Å². The fourth-order valence-corrected chi connectivity index (χ4v) is 4.45. The van der Waals surface area contributed by atoms with E-state index in [0.717, 1.165) is 29.7 Å². The first kappa shape index (κ1) is 15.2. The zero-order valence-electron chi connectivity index (χ0n) is 12.8. The Morgan fingerprint density at radius 1 is 1.27 bits per heavy atom. The zero-order valence-corrected chi connectivity index (χ0v) is 13.6. The minimum atomic E-state index is -3.16. The molecule has 2 heterocycles. The van der Waals surface area contributed by atoms with E-state index >= 15 is 0 Å². The van der Waals surface area contributed by atoms with Crippen LogP contribution in [-0.2, 0) is 10.0 Å². The van der Waals surface area contributed by atoms with E-state index in [-0.39, 0.29) is 5.25 Å². The fourth-order valence-electron chi connectivity index (χ4n) is 3.22. The van der Waals surface area contributed by atoms with Gasteiger partial charge in [-0.2, -0.15) is 0 Å². The minimum Gasteiger partial charge on any atom is -0.356 e. The molecule has 0 aromatic carbocycles. The van der Waals surface area contributed by atoms with Crippen molar-refractivity contribution in [3.63, 3.8) is 0 Å². The molecule has 22 heavy (non-hydrogen) atoms. The fraction of sp³-hybridized carbons (Fsp3) is 0.571. The molecule has 0 spiro atoms. The molecule has 3 rings (SSSR count). The largest absolute Gasteiger partial charge is 0.356 e. The molecule has 0 amide bonds. The normalized spacial score (nSPS) is 22.8. The quantitative estimate of drug-likeness (QED) is 0.884. The number of aromatic amines is 1. The summed E-state index contributed by atoms with van der Waals surface area (Å²) >= 11 is 0. The first-order chi connectivity index (χ1) is 10.5. The predicted octanol–water partition coefficient (Wildman–Crippen LogP) is 1.25. The van der Waals surface area contributed by atoms with Gasteiger partial charge in [0, 0.05) is 19.3 Å². The molecule has 0 unspecified atom stereocenters. The summed E-state index contributed by atoms with van der Waals surface area (Å²) in [4.78, 5) is 13.8. The van der Waals surface area contributed by atoms with Gasteiger partial charge >= 0.3 is 0 Å². The van der Waals surface area contributed by atoms with Gasteiger partial charge in [-0.05, 0) is 38.8 Å². The Hall–Kier alpha value is -1.67. The summed E-state index contributed by atoms with van der Waals surface area (Å²) in [5.74, 6) is 0.895. The summed E-state index contributed by atoms with van der Waals surface area (Å²) < 4.78 is 26.2. The molecule has 1 aliphatic carbocycles. The van der Waals surface area contributed by atoms with Gasteiger partial charge in [-0.25, -0.2) is 23.1 Å². The molecule has 7 nitrogen and oxygen atoms in total. The van der Waals surface area contributed by atoms with Crippen molar-refractivity contribution in [2.45, 2.75) is 37.0 Å². The molecule has 1 aliphatic rings. The average molecular weight is 323 g/mol. The van der Waals surface area contributed by atoms with Gasteiger partial charge in [0.1, 0.15) is 17.8 Å². The van der Waals surface area contributed by atoms with Gasteiger partial charge in [0.05, 0.1) is 10.6 Å². The number of aromatic nitrogens is 3. The lowest BCUT2D eigenvalue weighted by Gasteiger charge is -2.35. The molecule has 2 aromatic rings. The molecule has 0 saturated heterocycles. The lowest BCUT2D eigenvalue weighted by molar-refractivity contribution is 0.419. The summed E-state index contributed by atoms with van der Waals surface area (Å²) in [6.07, 6.45) is 6.46. The van der Waals surface area contributed by atoms with Crippen LogP contribution in [0.2, 0.25) is 0 Å². The molecule has 1 fully saturated rings. The third-order valence-corrected chi connectivity index (χ3v) is 6.50. The number of sulfonamides is 1. The van der Waals surface area contributed by atoms with E-state index in [9.17, 15) is 8.42 Å². The molecular weight excluding hydrogens is 302 g/mol. The molecule has 2 aromatic heterocycles. The van der Waals surface area contributed by atoms with Crippen LogP contribution in [0.3, 0.4) is 0 Å². The van der Waals surface area contributed by atoms with Crippen LogP contribution in [0.4, 0.5) is 5.82 Å². The van der Waals surface area contributed by atoms with E-state index in [4.69, 9.17) is 0 Å². The molecule has 0 aliphatic heterocycles. The highest BCUT2D eigenvalue weighted by Gasteiger charge is 2.32. The van der Waals surface area contributed by atoms with Crippen molar-refractivity contribution in [1.82, 2.24) is 19.7 Å². The predicted molar refractivity (Wildman–Crippen MR) is 86.3 cm³/mol. The van der Waals surface area contributed by atoms with E-state index in [1.165, 1.54) is 7.05 Å². The van der Waals surface area contributed by atoms with Crippen molar-refractivity contribution < 1.29 is 8.42 Å². The number of H-pyrrole nitrogens is 1. The molecule has 8 heteroatoms. The van der Waals surface area contributed by atoms with Crippen molar-refractivity contribution in [2.75, 3.05) is 19.0 Å². The third kappa shape index (κ3) is 2.68. The third-order valence-electron chi connectivity index (χ3n) is 4.58. The molecule has 0 bridgehead atoms. The summed E-state index contributed by atoms with van der Waals surface area (Å²) in [6.45, 7) is 0. The van der Waals surface area contributed by atoms with Crippen LogP contribution in [0.15, 0.2) is 18.6 Å². The second-order valence-corrected chi connectivity index (χ2v) is 7.89. The molecule has 1 saturated carbocycles. The molecule has 0 atom stereocenters. The van der Waals surface area contributed by atoms with Crippen molar-refractivity contribution >= 4 is 26.9 Å². The molecular formula is C14H21N5O2S. The monoisotopic (exact) mass is 323 g/mol. The highest BCUT2D eigenvalue weighted by atomic mass is 32.2. The van der Waals surface area contributed by atoms with E-state index in [1.54, 1.807) is 6.33 Å². The Labute approximate surface area is 130 Å². The molecule has 0 radical (unpaired) electrons. The Kier molecular flexibility index (Phi) is 4.05. The lowest BCUT2D eigenvalue weighted by atomic mass is 9.94. The Morgan fingerprint density at radius 2 is 2.00 bits per heavy atom. The van der Waals surface area contributed by atoms with Gasteiger partial charge in [-0.3, -0.25) is 0 Å². The van der Waals surface area contributed by atoms with Crippen molar-refractivity contribution in [1.29, 1.82) is 0 Å². The summed E-state index contributed by atoms with van der Waals surface area (Å²) in [5.41, 5.74) is 0.822. The van der Waals surface area contributed by atoms with Crippen LogP contribution in [0.1, 0.15) is 25.7 Å². The van der Waals surface area contributed by atoms with E-state index in [2.05, 4.69) is 24.6 Å². The summed E-state index contributed by atoms with van der Waals surface area (Å²) in [7, 11) is 0.344. The van der Waals surface area contributed by atoms with E-state index in [0.29, 0.717) is 18.9 Å². The Balaban J connectivity index is 1.75. The Morgan fingerprint density at radius 3 is 2.68 bits per heavy atom. The lowest BCUT2D eigenvalue weighted by Crippen LogP contribution is -2.41. The number of hydrogen-bond acceptors (Lipinski definition) is 5. The van der Waals surface area contributed by atoms with Crippen LogP contribution in [-0.4, -0.2) is 48.8 Å². The van der Waals surface area contributed by atoms with Gasteiger partial charge in [-0.15, -0.1) is 0 Å². The van der Waals surface area contributed by atoms with Crippen molar-refractivity contribution in [3.8, 4) is 0 Å². The van der Waals surface area contributed by atoms with Gasteiger partial charge in [-0.1, -0.05) is 0 Å². The number of hydrogen-bond donors (Lipinski definition) is 2. The van der Waals surface area contributed by atoms with Crippen LogP contribution in [0.5, 0.6) is 0 Å². The maximum absolute atomic E-state index is 11.9. The number of nitrogens with one attached hydrogen (secondary N) is 2. The van der Waals surface area contributed by atoms with Gasteiger partial charge < -0.3 is 9.88 Å². The number of fused-ring (bicyclic) bond motifs is 1. The maximum Gasteiger partial charge on any atom is 0.214 e. The highest BCUT2D eigenvalue weighted by molar-refractivity contribution is 7.90. The standard InChI is InChI=1S/C14H21N5O2S/c1-15-22(20,21)11-5-3-10(4-6-11)19(2)14-12-7-8-16-13(12)17-9-18-14/h7-11,15H,3-6H2,1-2H3,(H,16,17,18). The van der Waals surface area contributed by atoms with E-state index < -0.39 is 10.0 Å². The molecule has 120 valence electrons. The van der Waals surface area contributed by atoms with Gasteiger partial charge in [0.2, 0.25) is 10.0 Å². The number of nitrogens with zero attached hydrogens (tertiary/aromatic N) is 3. The first-order valence-corrected chi connectivity index (χ1v) is 9.01. The number of rotatable bonds is 4. The first-order valence-electron chi connectivity index (χ1n) is 7.46. The Bertz CT molecular complexity index is 749. The highest BCUT2D eigenvalue weighted by Crippen LogP contribution is 2.30. The van der Waals surface area contributed by atoms with Crippen LogP contribution in [0.25, 0.3) is 11.0 Å². The smallest absolute Gasteiger partial charge is 0.214 e. The SMILES string of the molecule is CNS(=O)(=O)C1CCC(N(C)c2ncnc3[nH]ccc23)CC1. The van der Waals surface area contributed by atoms with Crippen LogP contribution in [0, 0.1) is 0 Å². The second-order valence-electron chi connectivity index (χ2n) is 5.73. The second kappa shape index (κ2) is 5.85. The summed E-state index contributed by atoms with van der Waals surface area (Å²) in [5, 5.41) is 0.717. The van der Waals surface area contributed by atoms with Crippen LogP contribution >= 0.6 is 0 Å².